The molecule has 1 unspecified atom stereocenters. The Bertz CT molecular complexity index is 667. The summed E-state index contributed by atoms with van der Waals surface area (Å²) >= 11 is 1.70. The van der Waals surface area contributed by atoms with Gasteiger partial charge in [-0.3, -0.25) is 0 Å². The summed E-state index contributed by atoms with van der Waals surface area (Å²) in [4.78, 5) is 7.26. The number of nitrogens with one attached hydrogen (secondary N) is 1. The molecule has 0 amide bonds. The SMILES string of the molecule is COCC1CCCCN1c1nc(-c2nnc3n2CCNC3)cs1. The molecule has 1 saturated heterocycles. The van der Waals surface area contributed by atoms with Crippen molar-refractivity contribution in [2.75, 3.05) is 31.7 Å². The van der Waals surface area contributed by atoms with E-state index in [1.54, 1.807) is 18.4 Å². The fourth-order valence-corrected chi connectivity index (χ4v) is 4.30. The molecule has 0 spiro atoms. The van der Waals surface area contributed by atoms with E-state index < -0.39 is 0 Å². The number of fused-ring (bicyclic) bond motifs is 1. The Morgan fingerprint density at radius 1 is 1.35 bits per heavy atom. The Kier molecular flexibility index (Phi) is 4.28. The Labute approximate surface area is 139 Å². The van der Waals surface area contributed by atoms with Crippen LogP contribution in [0, 0.1) is 0 Å². The van der Waals surface area contributed by atoms with E-state index in [0.29, 0.717) is 6.04 Å². The molecule has 2 aromatic heterocycles. The molecule has 124 valence electrons. The molecule has 0 bridgehead atoms. The summed E-state index contributed by atoms with van der Waals surface area (Å²) in [6.07, 6.45) is 3.67. The van der Waals surface area contributed by atoms with Crippen LogP contribution in [0.2, 0.25) is 0 Å². The number of ether oxygens (including phenoxy) is 1. The third-order valence-corrected chi connectivity index (χ3v) is 5.45. The zero-order chi connectivity index (χ0) is 15.6. The number of hydrogen-bond acceptors (Lipinski definition) is 7. The van der Waals surface area contributed by atoms with Gasteiger partial charge in [-0.2, -0.15) is 0 Å². The van der Waals surface area contributed by atoms with E-state index in [2.05, 4.69) is 30.4 Å². The lowest BCUT2D eigenvalue weighted by Gasteiger charge is -2.35. The average Bonchev–Trinajstić information content (AvgIpc) is 3.22. The summed E-state index contributed by atoms with van der Waals surface area (Å²) in [6, 6.07) is 0.435. The maximum atomic E-state index is 5.39. The van der Waals surface area contributed by atoms with E-state index in [-0.39, 0.29) is 0 Å². The van der Waals surface area contributed by atoms with Crippen molar-refractivity contribution in [3.05, 3.63) is 11.2 Å². The molecule has 4 heterocycles. The molecule has 2 aliphatic heterocycles. The molecule has 0 saturated carbocycles. The lowest BCUT2D eigenvalue weighted by molar-refractivity contribution is 0.166. The molecule has 1 N–H and O–H groups in total. The molecule has 1 fully saturated rings. The molecule has 23 heavy (non-hydrogen) atoms. The normalized spacial score (nSPS) is 21.4. The van der Waals surface area contributed by atoms with Crippen molar-refractivity contribution in [2.45, 2.75) is 38.4 Å². The average molecular weight is 334 g/mol. The second-order valence-corrected chi connectivity index (χ2v) is 6.92. The standard InChI is InChI=1S/C15H22N6OS/c1-22-9-11-4-2-3-6-20(11)15-17-12(10-23-15)14-19-18-13-8-16-5-7-21(13)14/h10-11,16H,2-9H2,1H3. The topological polar surface area (TPSA) is 68.1 Å². The smallest absolute Gasteiger partial charge is 0.186 e. The van der Waals surface area contributed by atoms with E-state index in [0.717, 1.165) is 55.3 Å². The van der Waals surface area contributed by atoms with Gasteiger partial charge in [-0.05, 0) is 19.3 Å². The highest BCUT2D eigenvalue weighted by Crippen LogP contribution is 2.31. The van der Waals surface area contributed by atoms with Crippen LogP contribution in [0.3, 0.4) is 0 Å². The van der Waals surface area contributed by atoms with E-state index in [1.165, 1.54) is 19.3 Å². The Balaban J connectivity index is 1.60. The van der Waals surface area contributed by atoms with Gasteiger partial charge < -0.3 is 19.5 Å². The van der Waals surface area contributed by atoms with E-state index in [4.69, 9.17) is 9.72 Å². The van der Waals surface area contributed by atoms with E-state index in [9.17, 15) is 0 Å². The molecule has 0 aromatic carbocycles. The first-order chi connectivity index (χ1) is 11.4. The van der Waals surface area contributed by atoms with Gasteiger partial charge in [0.05, 0.1) is 19.2 Å². The van der Waals surface area contributed by atoms with E-state index in [1.807, 2.05) is 0 Å². The van der Waals surface area contributed by atoms with Gasteiger partial charge in [-0.1, -0.05) is 0 Å². The van der Waals surface area contributed by atoms with Crippen LogP contribution in [0.25, 0.3) is 11.5 Å². The zero-order valence-corrected chi connectivity index (χ0v) is 14.2. The van der Waals surface area contributed by atoms with Gasteiger partial charge in [-0.15, -0.1) is 21.5 Å². The highest BCUT2D eigenvalue weighted by Gasteiger charge is 2.26. The van der Waals surface area contributed by atoms with Gasteiger partial charge >= 0.3 is 0 Å². The van der Waals surface area contributed by atoms with Crippen LogP contribution >= 0.6 is 11.3 Å². The van der Waals surface area contributed by atoms with Crippen LogP contribution < -0.4 is 10.2 Å². The number of methoxy groups -OCH3 is 1. The largest absolute Gasteiger partial charge is 0.383 e. The molecule has 0 radical (unpaired) electrons. The second-order valence-electron chi connectivity index (χ2n) is 6.08. The lowest BCUT2D eigenvalue weighted by Crippen LogP contribution is -2.42. The van der Waals surface area contributed by atoms with Crippen molar-refractivity contribution in [2.24, 2.45) is 0 Å². The molecule has 8 heteroatoms. The number of nitrogens with zero attached hydrogens (tertiary/aromatic N) is 5. The molecule has 2 aliphatic rings. The molecular formula is C15H22N6OS. The minimum absolute atomic E-state index is 0.435. The van der Waals surface area contributed by atoms with Gasteiger partial charge in [0.2, 0.25) is 0 Å². The first kappa shape index (κ1) is 15.0. The second kappa shape index (κ2) is 6.54. The molecule has 7 nitrogen and oxygen atoms in total. The van der Waals surface area contributed by atoms with E-state index >= 15 is 0 Å². The first-order valence-electron chi connectivity index (χ1n) is 8.21. The number of hydrogen-bond donors (Lipinski definition) is 1. The van der Waals surface area contributed by atoms with Gasteiger partial charge in [0.15, 0.2) is 11.0 Å². The monoisotopic (exact) mass is 334 g/mol. The third-order valence-electron chi connectivity index (χ3n) is 4.58. The highest BCUT2D eigenvalue weighted by molar-refractivity contribution is 7.14. The Hall–Kier alpha value is -1.51. The van der Waals surface area contributed by atoms with Crippen molar-refractivity contribution < 1.29 is 4.74 Å². The minimum Gasteiger partial charge on any atom is -0.383 e. The summed E-state index contributed by atoms with van der Waals surface area (Å²) in [5, 5.41) is 15.1. The molecule has 0 aliphatic carbocycles. The van der Waals surface area contributed by atoms with Gasteiger partial charge in [-0.25, -0.2) is 4.98 Å². The zero-order valence-electron chi connectivity index (χ0n) is 13.4. The van der Waals surface area contributed by atoms with Crippen LogP contribution in [0.5, 0.6) is 0 Å². The molecule has 1 atom stereocenters. The molecular weight excluding hydrogens is 312 g/mol. The Morgan fingerprint density at radius 2 is 2.30 bits per heavy atom. The van der Waals surface area contributed by atoms with Crippen LogP contribution in [0.15, 0.2) is 5.38 Å². The maximum absolute atomic E-state index is 5.39. The van der Waals surface area contributed by atoms with Crippen molar-refractivity contribution in [1.82, 2.24) is 25.1 Å². The summed E-state index contributed by atoms with van der Waals surface area (Å²) in [5.74, 6) is 1.89. The summed E-state index contributed by atoms with van der Waals surface area (Å²) in [6.45, 7) is 4.47. The Morgan fingerprint density at radius 3 is 3.22 bits per heavy atom. The van der Waals surface area contributed by atoms with Crippen molar-refractivity contribution in [1.29, 1.82) is 0 Å². The molecule has 4 rings (SSSR count). The van der Waals surface area contributed by atoms with Gasteiger partial charge in [0.1, 0.15) is 11.5 Å². The predicted octanol–water partition coefficient (Wildman–Crippen LogP) is 1.51. The quantitative estimate of drug-likeness (QED) is 0.914. The number of aromatic nitrogens is 4. The highest BCUT2D eigenvalue weighted by atomic mass is 32.1. The van der Waals surface area contributed by atoms with Crippen LogP contribution in [0.4, 0.5) is 5.13 Å². The fourth-order valence-electron chi connectivity index (χ4n) is 3.40. The number of thiazole rings is 1. The summed E-state index contributed by atoms with van der Waals surface area (Å²) in [7, 11) is 1.77. The maximum Gasteiger partial charge on any atom is 0.186 e. The van der Waals surface area contributed by atoms with Gasteiger partial charge in [0.25, 0.3) is 0 Å². The molecule has 2 aromatic rings. The van der Waals surface area contributed by atoms with Gasteiger partial charge in [0, 0.05) is 32.1 Å². The minimum atomic E-state index is 0.435. The first-order valence-corrected chi connectivity index (χ1v) is 9.09. The van der Waals surface area contributed by atoms with Crippen LogP contribution in [-0.4, -0.2) is 52.6 Å². The summed E-state index contributed by atoms with van der Waals surface area (Å²) in [5.41, 5.74) is 0.937. The van der Waals surface area contributed by atoms with Crippen LogP contribution in [0.1, 0.15) is 25.1 Å². The van der Waals surface area contributed by atoms with Crippen molar-refractivity contribution in [3.63, 3.8) is 0 Å². The number of anilines is 1. The predicted molar refractivity (Wildman–Crippen MR) is 89.7 cm³/mol. The summed E-state index contributed by atoms with van der Waals surface area (Å²) < 4.78 is 7.57. The van der Waals surface area contributed by atoms with Crippen molar-refractivity contribution in [3.8, 4) is 11.5 Å². The third kappa shape index (κ3) is 2.86. The van der Waals surface area contributed by atoms with Crippen LogP contribution in [-0.2, 0) is 17.8 Å². The number of piperidine rings is 1. The fraction of sp³-hybridized carbons (Fsp3) is 0.667. The number of rotatable bonds is 4. The van der Waals surface area contributed by atoms with Crippen molar-refractivity contribution >= 4 is 16.5 Å². The lowest BCUT2D eigenvalue weighted by atomic mass is 10.0.